The number of nitrogens with zero attached hydrogens (tertiary/aromatic N) is 1. The second-order valence-electron chi connectivity index (χ2n) is 5.33. The smallest absolute Gasteiger partial charge is 0.0422 e. The predicted molar refractivity (Wildman–Crippen MR) is 89.9 cm³/mol. The zero-order valence-electron chi connectivity index (χ0n) is 13.0. The van der Waals surface area contributed by atoms with Gasteiger partial charge in [0, 0.05) is 29.4 Å². The van der Waals surface area contributed by atoms with Gasteiger partial charge < -0.3 is 5.32 Å². The van der Waals surface area contributed by atoms with Gasteiger partial charge in [0.15, 0.2) is 0 Å². The van der Waals surface area contributed by atoms with Crippen LogP contribution in [0.4, 0.5) is 0 Å². The highest BCUT2D eigenvalue weighted by Gasteiger charge is 2.14. The number of benzene rings is 1. The van der Waals surface area contributed by atoms with Gasteiger partial charge >= 0.3 is 0 Å². The summed E-state index contributed by atoms with van der Waals surface area (Å²) in [6.45, 7) is 7.32. The molecule has 0 aliphatic carbocycles. The maximum atomic E-state index is 6.16. The van der Waals surface area contributed by atoms with Crippen LogP contribution in [0.15, 0.2) is 36.5 Å². The SMILES string of the molecule is CCNC(Cc1ccc(CC)cn1)c1cc(Cl)ccc1C. The summed E-state index contributed by atoms with van der Waals surface area (Å²) in [6, 6.07) is 10.6. The third-order valence-corrected chi connectivity index (χ3v) is 4.01. The Morgan fingerprint density at radius 3 is 2.62 bits per heavy atom. The van der Waals surface area contributed by atoms with Crippen molar-refractivity contribution in [3.05, 3.63) is 63.9 Å². The molecule has 112 valence electrons. The summed E-state index contributed by atoms with van der Waals surface area (Å²) >= 11 is 6.16. The fourth-order valence-corrected chi connectivity index (χ4v) is 2.70. The minimum absolute atomic E-state index is 0.244. The van der Waals surface area contributed by atoms with E-state index in [0.717, 1.165) is 30.1 Å². The van der Waals surface area contributed by atoms with E-state index in [4.69, 9.17) is 11.6 Å². The summed E-state index contributed by atoms with van der Waals surface area (Å²) in [4.78, 5) is 4.58. The third kappa shape index (κ3) is 4.29. The first-order valence-corrected chi connectivity index (χ1v) is 7.95. The van der Waals surface area contributed by atoms with Crippen molar-refractivity contribution in [3.8, 4) is 0 Å². The molecule has 0 aliphatic rings. The van der Waals surface area contributed by atoms with Crippen LogP contribution in [0.2, 0.25) is 5.02 Å². The molecule has 2 rings (SSSR count). The number of rotatable bonds is 6. The van der Waals surface area contributed by atoms with Crippen LogP contribution in [0.1, 0.15) is 42.3 Å². The van der Waals surface area contributed by atoms with Gasteiger partial charge in [-0.2, -0.15) is 0 Å². The van der Waals surface area contributed by atoms with Crippen LogP contribution in [0.3, 0.4) is 0 Å². The van der Waals surface area contributed by atoms with Crippen molar-refractivity contribution in [1.82, 2.24) is 10.3 Å². The molecule has 2 nitrogen and oxygen atoms in total. The molecular formula is C18H23ClN2. The van der Waals surface area contributed by atoms with E-state index in [1.807, 2.05) is 12.3 Å². The fraction of sp³-hybridized carbons (Fsp3) is 0.389. The van der Waals surface area contributed by atoms with Crippen molar-refractivity contribution >= 4 is 11.6 Å². The Bertz CT molecular complexity index is 578. The molecular weight excluding hydrogens is 280 g/mol. The monoisotopic (exact) mass is 302 g/mol. The highest BCUT2D eigenvalue weighted by atomic mass is 35.5. The normalized spacial score (nSPS) is 12.4. The molecule has 0 amide bonds. The average Bonchev–Trinajstić information content (AvgIpc) is 2.50. The van der Waals surface area contributed by atoms with Gasteiger partial charge in [-0.15, -0.1) is 0 Å². The van der Waals surface area contributed by atoms with Gasteiger partial charge in [-0.3, -0.25) is 4.98 Å². The summed E-state index contributed by atoms with van der Waals surface area (Å²) in [5.41, 5.74) is 4.90. The second kappa shape index (κ2) is 7.58. The van der Waals surface area contributed by atoms with E-state index in [9.17, 15) is 0 Å². The van der Waals surface area contributed by atoms with Crippen molar-refractivity contribution in [1.29, 1.82) is 0 Å². The van der Waals surface area contributed by atoms with Crippen LogP contribution in [-0.2, 0) is 12.8 Å². The first-order chi connectivity index (χ1) is 10.1. The highest BCUT2D eigenvalue weighted by molar-refractivity contribution is 6.30. The van der Waals surface area contributed by atoms with Gasteiger partial charge in [-0.25, -0.2) is 0 Å². The van der Waals surface area contributed by atoms with Crippen LogP contribution in [0, 0.1) is 6.92 Å². The Labute approximate surface area is 132 Å². The van der Waals surface area contributed by atoms with E-state index < -0.39 is 0 Å². The molecule has 0 spiro atoms. The average molecular weight is 303 g/mol. The lowest BCUT2D eigenvalue weighted by Gasteiger charge is -2.20. The Balaban J connectivity index is 2.23. The Hall–Kier alpha value is -1.38. The predicted octanol–water partition coefficient (Wildman–Crippen LogP) is 4.50. The molecule has 0 fully saturated rings. The van der Waals surface area contributed by atoms with Crippen LogP contribution in [0.5, 0.6) is 0 Å². The van der Waals surface area contributed by atoms with E-state index in [1.54, 1.807) is 0 Å². The number of hydrogen-bond acceptors (Lipinski definition) is 2. The molecule has 1 unspecified atom stereocenters. The molecule has 1 heterocycles. The zero-order chi connectivity index (χ0) is 15.2. The molecule has 3 heteroatoms. The molecule has 1 aromatic heterocycles. The summed E-state index contributed by atoms with van der Waals surface area (Å²) in [5, 5.41) is 4.33. The minimum Gasteiger partial charge on any atom is -0.310 e. The van der Waals surface area contributed by atoms with E-state index in [0.29, 0.717) is 0 Å². The lowest BCUT2D eigenvalue weighted by Crippen LogP contribution is -2.24. The fourth-order valence-electron chi connectivity index (χ4n) is 2.52. The van der Waals surface area contributed by atoms with Crippen LogP contribution < -0.4 is 5.32 Å². The summed E-state index contributed by atoms with van der Waals surface area (Å²) in [7, 11) is 0. The van der Waals surface area contributed by atoms with Gasteiger partial charge in [0.05, 0.1) is 0 Å². The van der Waals surface area contributed by atoms with Crippen molar-refractivity contribution < 1.29 is 0 Å². The largest absolute Gasteiger partial charge is 0.310 e. The Morgan fingerprint density at radius 1 is 1.19 bits per heavy atom. The zero-order valence-corrected chi connectivity index (χ0v) is 13.7. The Kier molecular flexibility index (Phi) is 5.77. The molecule has 1 N–H and O–H groups in total. The minimum atomic E-state index is 0.244. The van der Waals surface area contributed by atoms with E-state index in [-0.39, 0.29) is 6.04 Å². The number of aryl methyl sites for hydroxylation is 2. The van der Waals surface area contributed by atoms with E-state index in [2.05, 4.69) is 55.3 Å². The molecule has 1 aromatic carbocycles. The number of aromatic nitrogens is 1. The standard InChI is InChI=1S/C18H23ClN2/c1-4-14-7-9-16(21-12-14)11-18(20-5-2)17-10-15(19)8-6-13(17)3/h6-10,12,18,20H,4-5,11H2,1-3H3. The quantitative estimate of drug-likeness (QED) is 0.850. The molecule has 0 bridgehead atoms. The first-order valence-electron chi connectivity index (χ1n) is 7.57. The summed E-state index contributed by atoms with van der Waals surface area (Å²) in [5.74, 6) is 0. The number of halogens is 1. The molecule has 1 atom stereocenters. The topological polar surface area (TPSA) is 24.9 Å². The first kappa shape index (κ1) is 16.0. The van der Waals surface area contributed by atoms with Gasteiger partial charge in [0.25, 0.3) is 0 Å². The van der Waals surface area contributed by atoms with E-state index in [1.165, 1.54) is 16.7 Å². The maximum absolute atomic E-state index is 6.16. The molecule has 0 radical (unpaired) electrons. The highest BCUT2D eigenvalue weighted by Crippen LogP contribution is 2.24. The van der Waals surface area contributed by atoms with Gasteiger partial charge in [0.1, 0.15) is 0 Å². The molecule has 0 saturated heterocycles. The van der Waals surface area contributed by atoms with Gasteiger partial charge in [-0.1, -0.05) is 37.6 Å². The van der Waals surface area contributed by atoms with Crippen molar-refractivity contribution in [2.45, 2.75) is 39.7 Å². The molecule has 2 aromatic rings. The number of pyridine rings is 1. The second-order valence-corrected chi connectivity index (χ2v) is 5.76. The maximum Gasteiger partial charge on any atom is 0.0422 e. The summed E-state index contributed by atoms with van der Waals surface area (Å²) in [6.07, 6.45) is 3.87. The lowest BCUT2D eigenvalue weighted by atomic mass is 9.97. The molecule has 0 saturated carbocycles. The van der Waals surface area contributed by atoms with Crippen LogP contribution in [-0.4, -0.2) is 11.5 Å². The Morgan fingerprint density at radius 2 is 2.00 bits per heavy atom. The number of likely N-dealkylation sites (N-methyl/N-ethyl adjacent to an activating group) is 1. The van der Waals surface area contributed by atoms with Crippen LogP contribution >= 0.6 is 11.6 Å². The van der Waals surface area contributed by atoms with E-state index >= 15 is 0 Å². The van der Waals surface area contributed by atoms with Gasteiger partial charge in [0.2, 0.25) is 0 Å². The lowest BCUT2D eigenvalue weighted by molar-refractivity contribution is 0.541. The number of hydrogen-bond donors (Lipinski definition) is 1. The van der Waals surface area contributed by atoms with Crippen molar-refractivity contribution in [2.24, 2.45) is 0 Å². The van der Waals surface area contributed by atoms with Crippen LogP contribution in [0.25, 0.3) is 0 Å². The molecule has 21 heavy (non-hydrogen) atoms. The van der Waals surface area contributed by atoms with Crippen molar-refractivity contribution in [3.63, 3.8) is 0 Å². The molecule has 0 aliphatic heterocycles. The summed E-state index contributed by atoms with van der Waals surface area (Å²) < 4.78 is 0. The van der Waals surface area contributed by atoms with Crippen molar-refractivity contribution in [2.75, 3.05) is 6.54 Å². The van der Waals surface area contributed by atoms with Gasteiger partial charge in [-0.05, 0) is 54.8 Å². The third-order valence-electron chi connectivity index (χ3n) is 3.77. The number of nitrogens with one attached hydrogen (secondary N) is 1.